The minimum absolute atomic E-state index is 0. The number of fused-ring (bicyclic) bond motifs is 5. The number of aromatic nitrogens is 2. The van der Waals surface area contributed by atoms with E-state index in [2.05, 4.69) is 83.2 Å². The molecule has 0 unspecified atom stereocenters. The number of rotatable bonds is 2. The van der Waals surface area contributed by atoms with Gasteiger partial charge in [0.25, 0.3) is 0 Å². The van der Waals surface area contributed by atoms with Crippen molar-refractivity contribution in [1.82, 2.24) is 4.98 Å². The second kappa shape index (κ2) is 11.1. The summed E-state index contributed by atoms with van der Waals surface area (Å²) in [5.74, 6) is 0. The van der Waals surface area contributed by atoms with Crippen molar-refractivity contribution in [3.8, 4) is 11.3 Å². The molecule has 39 heavy (non-hydrogen) atoms. The maximum atomic E-state index is 6.10. The molecular formula is C34H29BrN4. The minimum atomic E-state index is 0. The standard InChI is InChI=1S/C21H19N3.C13H9N.BrH/c1-2-24-20-13-16(23)9-11-18(20)17-10-8-15(22)12-19(17)21(24)14-6-4-3-5-7-14;1-3-7-12-10(5-1)9-11-6-2-4-8-13(11)14-12;/h3-13,23H,2,22H2,1H3;1-9H;1H. The molecule has 5 aromatic carbocycles. The SMILES string of the molecule is CC[n+]1c(-c2ccccc2)c2cc(N)ccc2c2ccc(N)cc21.[Br-].c1ccc2nc3ccccc3cc2c1. The molecule has 0 spiro atoms. The summed E-state index contributed by atoms with van der Waals surface area (Å²) in [4.78, 5) is 4.58. The van der Waals surface area contributed by atoms with Crippen LogP contribution in [0.3, 0.4) is 0 Å². The van der Waals surface area contributed by atoms with Crippen LogP contribution in [-0.2, 0) is 6.54 Å². The highest BCUT2D eigenvalue weighted by Gasteiger charge is 2.22. The maximum Gasteiger partial charge on any atom is 0.220 e. The molecule has 5 heteroatoms. The molecule has 4 nitrogen and oxygen atoms in total. The van der Waals surface area contributed by atoms with Gasteiger partial charge in [0.1, 0.15) is 6.54 Å². The average Bonchev–Trinajstić information content (AvgIpc) is 2.96. The molecule has 0 radical (unpaired) electrons. The molecule has 0 bridgehead atoms. The van der Waals surface area contributed by atoms with Crippen LogP contribution in [0, 0.1) is 0 Å². The number of hydrogen-bond acceptors (Lipinski definition) is 3. The molecule has 4 N–H and O–H groups in total. The Hall–Kier alpha value is -4.48. The molecule has 0 aliphatic carbocycles. The molecule has 7 aromatic rings. The third-order valence-corrected chi connectivity index (χ3v) is 6.96. The average molecular weight is 574 g/mol. The maximum absolute atomic E-state index is 6.10. The summed E-state index contributed by atoms with van der Waals surface area (Å²) < 4.78 is 2.32. The number of nitrogen functional groups attached to an aromatic ring is 2. The van der Waals surface area contributed by atoms with E-state index in [1.165, 1.54) is 38.2 Å². The third kappa shape index (κ3) is 5.01. The Morgan fingerprint density at radius 1 is 0.590 bits per heavy atom. The fraction of sp³-hybridized carbons (Fsp3) is 0.0588. The lowest BCUT2D eigenvalue weighted by Crippen LogP contribution is -3.00. The van der Waals surface area contributed by atoms with E-state index in [4.69, 9.17) is 11.5 Å². The smallest absolute Gasteiger partial charge is 0.220 e. The first-order valence-electron chi connectivity index (χ1n) is 12.9. The van der Waals surface area contributed by atoms with Gasteiger partial charge in [0.2, 0.25) is 11.2 Å². The summed E-state index contributed by atoms with van der Waals surface area (Å²) in [6, 6.07) is 41.3. The highest BCUT2D eigenvalue weighted by molar-refractivity contribution is 6.10. The zero-order valence-corrected chi connectivity index (χ0v) is 23.3. The normalized spacial score (nSPS) is 10.8. The van der Waals surface area contributed by atoms with Crippen molar-refractivity contribution in [3.63, 3.8) is 0 Å². The summed E-state index contributed by atoms with van der Waals surface area (Å²) in [6.45, 7) is 3.02. The van der Waals surface area contributed by atoms with Crippen LogP contribution in [0.15, 0.2) is 121 Å². The van der Waals surface area contributed by atoms with Crippen molar-refractivity contribution < 1.29 is 21.5 Å². The lowest BCUT2D eigenvalue weighted by molar-refractivity contribution is -0.655. The van der Waals surface area contributed by atoms with Crippen LogP contribution in [0.1, 0.15) is 6.92 Å². The number of halogens is 1. The summed E-state index contributed by atoms with van der Waals surface area (Å²) in [5, 5.41) is 5.96. The van der Waals surface area contributed by atoms with E-state index in [0.717, 1.165) is 34.5 Å². The van der Waals surface area contributed by atoms with E-state index in [1.807, 2.05) is 54.6 Å². The zero-order valence-electron chi connectivity index (χ0n) is 21.7. The molecule has 0 aliphatic heterocycles. The van der Waals surface area contributed by atoms with Gasteiger partial charge in [-0.05, 0) is 61.5 Å². The van der Waals surface area contributed by atoms with Gasteiger partial charge in [-0.1, -0.05) is 60.7 Å². The quantitative estimate of drug-likeness (QED) is 0.138. The van der Waals surface area contributed by atoms with Crippen LogP contribution in [-0.4, -0.2) is 4.98 Å². The molecule has 0 saturated heterocycles. The molecular weight excluding hydrogens is 544 g/mol. The fourth-order valence-electron chi connectivity index (χ4n) is 5.21. The molecule has 0 aliphatic rings. The first kappa shape index (κ1) is 26.1. The van der Waals surface area contributed by atoms with Crippen LogP contribution in [0.2, 0.25) is 0 Å². The number of aryl methyl sites for hydroxylation is 1. The Kier molecular flexibility index (Phi) is 7.44. The highest BCUT2D eigenvalue weighted by Crippen LogP contribution is 2.33. The van der Waals surface area contributed by atoms with E-state index in [9.17, 15) is 0 Å². The van der Waals surface area contributed by atoms with E-state index in [0.29, 0.717) is 0 Å². The number of benzene rings is 5. The van der Waals surface area contributed by atoms with Crippen molar-refractivity contribution in [2.75, 3.05) is 11.5 Å². The van der Waals surface area contributed by atoms with Gasteiger partial charge in [0.15, 0.2) is 0 Å². The van der Waals surface area contributed by atoms with Crippen molar-refractivity contribution in [3.05, 3.63) is 121 Å². The van der Waals surface area contributed by atoms with Gasteiger partial charge in [-0.2, -0.15) is 4.57 Å². The monoisotopic (exact) mass is 572 g/mol. The number of para-hydroxylation sites is 2. The van der Waals surface area contributed by atoms with E-state index >= 15 is 0 Å². The predicted molar refractivity (Wildman–Crippen MR) is 161 cm³/mol. The largest absolute Gasteiger partial charge is 1.00 e. The minimum Gasteiger partial charge on any atom is -1.00 e. The Labute approximate surface area is 238 Å². The first-order chi connectivity index (χ1) is 18.6. The molecule has 0 saturated carbocycles. The van der Waals surface area contributed by atoms with Gasteiger partial charge < -0.3 is 28.4 Å². The Balaban J connectivity index is 0.000000175. The second-order valence-corrected chi connectivity index (χ2v) is 9.41. The highest BCUT2D eigenvalue weighted by atomic mass is 79.9. The summed E-state index contributed by atoms with van der Waals surface area (Å²) >= 11 is 0. The van der Waals surface area contributed by atoms with Crippen molar-refractivity contribution in [2.24, 2.45) is 0 Å². The van der Waals surface area contributed by atoms with Crippen molar-refractivity contribution in [2.45, 2.75) is 13.5 Å². The number of nitrogens with two attached hydrogens (primary N) is 2. The molecule has 0 amide bonds. The summed E-state index contributed by atoms with van der Waals surface area (Å²) in [5.41, 5.74) is 19.4. The van der Waals surface area contributed by atoms with Gasteiger partial charge in [-0.25, -0.2) is 4.98 Å². The Bertz CT molecular complexity index is 1830. The molecule has 192 valence electrons. The van der Waals surface area contributed by atoms with Gasteiger partial charge in [-0.3, -0.25) is 0 Å². The molecule has 7 rings (SSSR count). The summed E-state index contributed by atoms with van der Waals surface area (Å²) in [7, 11) is 0. The molecule has 0 atom stereocenters. The molecule has 0 fully saturated rings. The van der Waals surface area contributed by atoms with Crippen LogP contribution >= 0.6 is 0 Å². The van der Waals surface area contributed by atoms with E-state index in [1.54, 1.807) is 0 Å². The lowest BCUT2D eigenvalue weighted by Gasteiger charge is -2.12. The number of hydrogen-bond donors (Lipinski definition) is 2. The third-order valence-electron chi connectivity index (χ3n) is 6.96. The van der Waals surface area contributed by atoms with Crippen LogP contribution in [0.4, 0.5) is 11.4 Å². The molecule has 2 aromatic heterocycles. The van der Waals surface area contributed by atoms with Crippen LogP contribution in [0.25, 0.3) is 54.7 Å². The number of anilines is 2. The first-order valence-corrected chi connectivity index (χ1v) is 12.9. The predicted octanol–water partition coefficient (Wildman–Crippen LogP) is 4.52. The Morgan fingerprint density at radius 2 is 1.15 bits per heavy atom. The van der Waals surface area contributed by atoms with E-state index < -0.39 is 0 Å². The van der Waals surface area contributed by atoms with Crippen LogP contribution in [0.5, 0.6) is 0 Å². The van der Waals surface area contributed by atoms with Crippen LogP contribution < -0.4 is 33.0 Å². The van der Waals surface area contributed by atoms with Crippen molar-refractivity contribution >= 4 is 54.9 Å². The topological polar surface area (TPSA) is 68.8 Å². The van der Waals surface area contributed by atoms with Crippen molar-refractivity contribution in [1.29, 1.82) is 0 Å². The summed E-state index contributed by atoms with van der Waals surface area (Å²) in [6.07, 6.45) is 0. The van der Waals surface area contributed by atoms with E-state index in [-0.39, 0.29) is 17.0 Å². The van der Waals surface area contributed by atoms with Gasteiger partial charge in [0, 0.05) is 39.2 Å². The Morgan fingerprint density at radius 3 is 1.79 bits per heavy atom. The zero-order chi connectivity index (χ0) is 26.1. The number of pyridine rings is 2. The van der Waals surface area contributed by atoms with Gasteiger partial charge in [0.05, 0.1) is 21.8 Å². The fourth-order valence-corrected chi connectivity index (χ4v) is 5.21. The molecule has 2 heterocycles. The lowest BCUT2D eigenvalue weighted by atomic mass is 9.98. The second-order valence-electron chi connectivity index (χ2n) is 9.41. The number of nitrogens with zero attached hydrogens (tertiary/aromatic N) is 2. The van der Waals surface area contributed by atoms with Gasteiger partial charge in [-0.15, -0.1) is 0 Å². The van der Waals surface area contributed by atoms with Gasteiger partial charge >= 0.3 is 0 Å².